The van der Waals surface area contributed by atoms with Crippen molar-refractivity contribution < 1.29 is 9.18 Å². The molecular weight excluding hydrogens is 321 g/mol. The predicted octanol–water partition coefficient (Wildman–Crippen LogP) is 3.90. The third kappa shape index (κ3) is 3.67. The van der Waals surface area contributed by atoms with Gasteiger partial charge in [0.15, 0.2) is 0 Å². The van der Waals surface area contributed by atoms with Gasteiger partial charge in [0.2, 0.25) is 0 Å². The lowest BCUT2D eigenvalue weighted by atomic mass is 10.1. The first-order valence-corrected chi connectivity index (χ1v) is 7.11. The second kappa shape index (κ2) is 6.66. The number of amides is 1. The molecule has 20 heavy (non-hydrogen) atoms. The Labute approximate surface area is 126 Å². The van der Waals surface area contributed by atoms with E-state index in [9.17, 15) is 9.18 Å². The van der Waals surface area contributed by atoms with E-state index in [1.807, 2.05) is 30.3 Å². The summed E-state index contributed by atoms with van der Waals surface area (Å²) < 4.78 is 13.8. The van der Waals surface area contributed by atoms with Crippen molar-refractivity contribution in [2.24, 2.45) is 0 Å². The van der Waals surface area contributed by atoms with E-state index >= 15 is 0 Å². The SMILES string of the molecule is CN(CCc1ccccc1)C(=O)c1ccc(Br)c(F)c1. The quantitative estimate of drug-likeness (QED) is 0.829. The van der Waals surface area contributed by atoms with Gasteiger partial charge >= 0.3 is 0 Å². The summed E-state index contributed by atoms with van der Waals surface area (Å²) in [7, 11) is 1.73. The van der Waals surface area contributed by atoms with E-state index in [1.165, 1.54) is 11.6 Å². The molecule has 0 saturated carbocycles. The van der Waals surface area contributed by atoms with Crippen LogP contribution >= 0.6 is 15.9 Å². The van der Waals surface area contributed by atoms with E-state index in [4.69, 9.17) is 0 Å². The minimum Gasteiger partial charge on any atom is -0.341 e. The Hall–Kier alpha value is -1.68. The average molecular weight is 336 g/mol. The molecule has 2 nitrogen and oxygen atoms in total. The van der Waals surface area contributed by atoms with Crippen LogP contribution in [0.4, 0.5) is 4.39 Å². The van der Waals surface area contributed by atoms with Crippen LogP contribution in [0.25, 0.3) is 0 Å². The Kier molecular flexibility index (Phi) is 4.90. The van der Waals surface area contributed by atoms with Crippen molar-refractivity contribution in [3.63, 3.8) is 0 Å². The molecule has 2 aromatic rings. The van der Waals surface area contributed by atoms with Crippen LogP contribution in [0.2, 0.25) is 0 Å². The summed E-state index contributed by atoms with van der Waals surface area (Å²) >= 11 is 3.08. The van der Waals surface area contributed by atoms with Gasteiger partial charge in [-0.2, -0.15) is 0 Å². The number of likely N-dealkylation sites (N-methyl/N-ethyl adjacent to an activating group) is 1. The number of hydrogen-bond donors (Lipinski definition) is 0. The molecule has 0 aliphatic rings. The van der Waals surface area contributed by atoms with Gasteiger partial charge in [-0.3, -0.25) is 4.79 Å². The lowest BCUT2D eigenvalue weighted by Crippen LogP contribution is -2.28. The highest BCUT2D eigenvalue weighted by Gasteiger charge is 2.13. The summed E-state index contributed by atoms with van der Waals surface area (Å²) in [4.78, 5) is 13.8. The Morgan fingerprint density at radius 2 is 1.90 bits per heavy atom. The summed E-state index contributed by atoms with van der Waals surface area (Å²) in [5, 5.41) is 0. The lowest BCUT2D eigenvalue weighted by molar-refractivity contribution is 0.0796. The van der Waals surface area contributed by atoms with Gasteiger partial charge in [0.05, 0.1) is 4.47 Å². The summed E-state index contributed by atoms with van der Waals surface area (Å²) in [5.74, 6) is -0.598. The zero-order valence-electron chi connectivity index (χ0n) is 11.1. The molecule has 0 unspecified atom stereocenters. The first-order chi connectivity index (χ1) is 9.58. The Bertz CT molecular complexity index is 601. The van der Waals surface area contributed by atoms with Crippen LogP contribution in [0.1, 0.15) is 15.9 Å². The maximum atomic E-state index is 13.4. The van der Waals surface area contributed by atoms with Crippen LogP contribution in [0, 0.1) is 5.82 Å². The van der Waals surface area contributed by atoms with Crippen molar-refractivity contribution in [2.45, 2.75) is 6.42 Å². The van der Waals surface area contributed by atoms with Crippen LogP contribution in [-0.2, 0) is 6.42 Å². The Balaban J connectivity index is 1.99. The number of rotatable bonds is 4. The normalized spacial score (nSPS) is 10.3. The van der Waals surface area contributed by atoms with Gasteiger partial charge in [-0.1, -0.05) is 30.3 Å². The summed E-state index contributed by atoms with van der Waals surface area (Å²) in [6.45, 7) is 0.598. The van der Waals surface area contributed by atoms with E-state index < -0.39 is 5.82 Å². The molecule has 0 N–H and O–H groups in total. The first-order valence-electron chi connectivity index (χ1n) is 6.32. The number of carbonyl (C=O) groups excluding carboxylic acids is 1. The summed E-state index contributed by atoms with van der Waals surface area (Å²) in [5.41, 5.74) is 1.54. The van der Waals surface area contributed by atoms with Crippen molar-refractivity contribution in [1.82, 2.24) is 4.90 Å². The molecule has 2 rings (SSSR count). The van der Waals surface area contributed by atoms with E-state index in [0.717, 1.165) is 6.42 Å². The molecule has 0 spiro atoms. The molecule has 1 amide bonds. The lowest BCUT2D eigenvalue weighted by Gasteiger charge is -2.17. The Morgan fingerprint density at radius 3 is 2.55 bits per heavy atom. The third-order valence-corrected chi connectivity index (χ3v) is 3.74. The maximum absolute atomic E-state index is 13.4. The van der Waals surface area contributed by atoms with E-state index in [0.29, 0.717) is 16.6 Å². The number of nitrogens with zero attached hydrogens (tertiary/aromatic N) is 1. The fourth-order valence-electron chi connectivity index (χ4n) is 1.89. The fraction of sp³-hybridized carbons (Fsp3) is 0.188. The monoisotopic (exact) mass is 335 g/mol. The van der Waals surface area contributed by atoms with Gasteiger partial charge in [-0.25, -0.2) is 4.39 Å². The molecule has 0 saturated heterocycles. The fourth-order valence-corrected chi connectivity index (χ4v) is 2.14. The number of hydrogen-bond acceptors (Lipinski definition) is 1. The van der Waals surface area contributed by atoms with Crippen molar-refractivity contribution >= 4 is 21.8 Å². The summed E-state index contributed by atoms with van der Waals surface area (Å²) in [6, 6.07) is 14.4. The zero-order valence-corrected chi connectivity index (χ0v) is 12.7. The molecule has 2 aromatic carbocycles. The number of benzene rings is 2. The van der Waals surface area contributed by atoms with Crippen LogP contribution in [0.3, 0.4) is 0 Å². The van der Waals surface area contributed by atoms with Crippen molar-refractivity contribution in [3.05, 3.63) is 69.9 Å². The standard InChI is InChI=1S/C16H15BrFNO/c1-19(10-9-12-5-3-2-4-6-12)16(20)13-7-8-14(17)15(18)11-13/h2-8,11H,9-10H2,1H3. The molecule has 0 heterocycles. The van der Waals surface area contributed by atoms with Gasteiger partial charge in [0.1, 0.15) is 5.82 Å². The maximum Gasteiger partial charge on any atom is 0.253 e. The molecule has 0 atom stereocenters. The van der Waals surface area contributed by atoms with E-state index in [1.54, 1.807) is 24.1 Å². The molecule has 0 aliphatic heterocycles. The highest BCUT2D eigenvalue weighted by Crippen LogP contribution is 2.17. The number of carbonyl (C=O) groups is 1. The van der Waals surface area contributed by atoms with Crippen molar-refractivity contribution in [3.8, 4) is 0 Å². The summed E-state index contributed by atoms with van der Waals surface area (Å²) in [6.07, 6.45) is 0.780. The second-order valence-corrected chi connectivity index (χ2v) is 5.45. The smallest absolute Gasteiger partial charge is 0.253 e. The molecule has 4 heteroatoms. The van der Waals surface area contributed by atoms with E-state index in [2.05, 4.69) is 15.9 Å². The van der Waals surface area contributed by atoms with Crippen molar-refractivity contribution in [1.29, 1.82) is 0 Å². The van der Waals surface area contributed by atoms with Crippen molar-refractivity contribution in [2.75, 3.05) is 13.6 Å². The molecule has 0 fully saturated rings. The minimum atomic E-state index is -0.424. The molecule has 104 valence electrons. The molecule has 0 bridgehead atoms. The predicted molar refractivity (Wildman–Crippen MR) is 81.2 cm³/mol. The zero-order chi connectivity index (χ0) is 14.5. The largest absolute Gasteiger partial charge is 0.341 e. The Morgan fingerprint density at radius 1 is 1.20 bits per heavy atom. The molecule has 0 aromatic heterocycles. The molecule has 0 radical (unpaired) electrons. The van der Waals surface area contributed by atoms with Gasteiger partial charge in [0.25, 0.3) is 5.91 Å². The van der Waals surface area contributed by atoms with Crippen LogP contribution in [0.15, 0.2) is 53.0 Å². The van der Waals surface area contributed by atoms with Crippen LogP contribution in [0.5, 0.6) is 0 Å². The highest BCUT2D eigenvalue weighted by molar-refractivity contribution is 9.10. The molecule has 0 aliphatic carbocycles. The van der Waals surface area contributed by atoms with Gasteiger partial charge in [0, 0.05) is 19.2 Å². The van der Waals surface area contributed by atoms with E-state index in [-0.39, 0.29) is 5.91 Å². The average Bonchev–Trinajstić information content (AvgIpc) is 2.48. The molecular formula is C16H15BrFNO. The topological polar surface area (TPSA) is 20.3 Å². The van der Waals surface area contributed by atoms with Gasteiger partial charge in [-0.05, 0) is 46.1 Å². The van der Waals surface area contributed by atoms with Gasteiger partial charge < -0.3 is 4.90 Å². The van der Waals surface area contributed by atoms with Crippen LogP contribution in [-0.4, -0.2) is 24.4 Å². The second-order valence-electron chi connectivity index (χ2n) is 4.59. The van der Waals surface area contributed by atoms with Crippen LogP contribution < -0.4 is 0 Å². The highest BCUT2D eigenvalue weighted by atomic mass is 79.9. The minimum absolute atomic E-state index is 0.174. The van der Waals surface area contributed by atoms with Gasteiger partial charge in [-0.15, -0.1) is 0 Å². The number of halogens is 2. The first kappa shape index (κ1) is 14.7. The third-order valence-electron chi connectivity index (χ3n) is 3.09.